The van der Waals surface area contributed by atoms with Crippen molar-refractivity contribution in [1.82, 2.24) is 9.80 Å². The second-order valence-electron chi connectivity index (χ2n) is 8.30. The van der Waals surface area contributed by atoms with E-state index >= 15 is 0 Å². The maximum atomic E-state index is 12.2. The van der Waals surface area contributed by atoms with Crippen LogP contribution in [-0.4, -0.2) is 60.2 Å². The second-order valence-corrected chi connectivity index (χ2v) is 8.30. The Bertz CT molecular complexity index is 450. The van der Waals surface area contributed by atoms with Crippen LogP contribution in [0.15, 0.2) is 4.99 Å². The minimum Gasteiger partial charge on any atom is -0.444 e. The molecule has 2 heterocycles. The molecule has 2 N–H and O–H groups in total. The number of hydrogen-bond acceptors (Lipinski definition) is 3. The SMILES string of the molecule is CC1CCN(C(N)=NCC2CCCN(C(=O)OC(C)(C)C)C2)CC1. The summed E-state index contributed by atoms with van der Waals surface area (Å²) in [5, 5.41) is 0. The molecule has 0 aromatic rings. The summed E-state index contributed by atoms with van der Waals surface area (Å²) in [6.07, 6.45) is 4.25. The Morgan fingerprint density at radius 1 is 1.17 bits per heavy atom. The van der Waals surface area contributed by atoms with Crippen molar-refractivity contribution >= 4 is 12.1 Å². The molecule has 2 saturated heterocycles. The van der Waals surface area contributed by atoms with Crippen molar-refractivity contribution < 1.29 is 9.53 Å². The zero-order valence-corrected chi connectivity index (χ0v) is 15.8. The average Bonchev–Trinajstić information content (AvgIpc) is 2.52. The van der Waals surface area contributed by atoms with E-state index in [0.29, 0.717) is 25.0 Å². The number of aliphatic imine (C=N–C) groups is 1. The highest BCUT2D eigenvalue weighted by Gasteiger charge is 2.27. The molecule has 0 aliphatic carbocycles. The Hall–Kier alpha value is -1.46. The summed E-state index contributed by atoms with van der Waals surface area (Å²) in [5.41, 5.74) is 5.71. The van der Waals surface area contributed by atoms with E-state index in [1.807, 2.05) is 25.7 Å². The van der Waals surface area contributed by atoms with Crippen molar-refractivity contribution in [2.45, 2.75) is 59.0 Å². The van der Waals surface area contributed by atoms with E-state index in [1.165, 1.54) is 12.8 Å². The zero-order valence-electron chi connectivity index (χ0n) is 15.8. The van der Waals surface area contributed by atoms with Gasteiger partial charge in [0.25, 0.3) is 0 Å². The third kappa shape index (κ3) is 5.87. The number of piperidine rings is 2. The molecule has 0 saturated carbocycles. The lowest BCUT2D eigenvalue weighted by Crippen LogP contribution is -2.44. The molecule has 6 nitrogen and oxygen atoms in total. The molecular weight excluding hydrogens is 304 g/mol. The molecule has 0 aromatic heterocycles. The maximum Gasteiger partial charge on any atom is 0.410 e. The van der Waals surface area contributed by atoms with Crippen molar-refractivity contribution in [3.05, 3.63) is 0 Å². The van der Waals surface area contributed by atoms with E-state index in [2.05, 4.69) is 16.8 Å². The quantitative estimate of drug-likeness (QED) is 0.621. The molecule has 2 fully saturated rings. The number of guanidine groups is 1. The Morgan fingerprint density at radius 2 is 1.83 bits per heavy atom. The normalized spacial score (nSPS) is 24.2. The molecule has 1 unspecified atom stereocenters. The van der Waals surface area contributed by atoms with Gasteiger partial charge >= 0.3 is 6.09 Å². The molecule has 1 atom stereocenters. The van der Waals surface area contributed by atoms with Gasteiger partial charge in [-0.1, -0.05) is 6.92 Å². The summed E-state index contributed by atoms with van der Waals surface area (Å²) in [5.74, 6) is 1.82. The first kappa shape index (κ1) is 18.9. The number of carbonyl (C=O) groups is 1. The Labute approximate surface area is 146 Å². The molecule has 1 amide bonds. The second kappa shape index (κ2) is 8.08. The number of amides is 1. The monoisotopic (exact) mass is 338 g/mol. The maximum absolute atomic E-state index is 12.2. The molecule has 0 spiro atoms. The first-order valence-electron chi connectivity index (χ1n) is 9.27. The summed E-state index contributed by atoms with van der Waals surface area (Å²) >= 11 is 0. The van der Waals surface area contributed by atoms with Gasteiger partial charge in [0, 0.05) is 32.7 Å². The molecule has 0 radical (unpaired) electrons. The van der Waals surface area contributed by atoms with Crippen LogP contribution in [0.25, 0.3) is 0 Å². The van der Waals surface area contributed by atoms with Crippen LogP contribution in [0.5, 0.6) is 0 Å². The topological polar surface area (TPSA) is 71.2 Å². The predicted octanol–water partition coefficient (Wildman–Crippen LogP) is 2.68. The molecule has 2 aliphatic heterocycles. The van der Waals surface area contributed by atoms with Crippen LogP contribution < -0.4 is 5.73 Å². The minimum atomic E-state index is -0.446. The van der Waals surface area contributed by atoms with E-state index in [0.717, 1.165) is 38.4 Å². The van der Waals surface area contributed by atoms with Crippen molar-refractivity contribution in [1.29, 1.82) is 0 Å². The molecule has 0 bridgehead atoms. The summed E-state index contributed by atoms with van der Waals surface area (Å²) in [7, 11) is 0. The number of nitrogens with two attached hydrogens (primary N) is 1. The van der Waals surface area contributed by atoms with E-state index in [1.54, 1.807) is 0 Å². The van der Waals surface area contributed by atoms with Crippen LogP contribution >= 0.6 is 0 Å². The fourth-order valence-corrected chi connectivity index (χ4v) is 3.27. The number of carbonyl (C=O) groups excluding carboxylic acids is 1. The number of nitrogens with zero attached hydrogens (tertiary/aromatic N) is 3. The highest BCUT2D eigenvalue weighted by atomic mass is 16.6. The molecule has 6 heteroatoms. The van der Waals surface area contributed by atoms with Crippen LogP contribution in [0.1, 0.15) is 53.4 Å². The van der Waals surface area contributed by atoms with Gasteiger partial charge < -0.3 is 20.3 Å². The smallest absolute Gasteiger partial charge is 0.410 e. The van der Waals surface area contributed by atoms with Crippen molar-refractivity contribution in [2.24, 2.45) is 22.6 Å². The summed E-state index contributed by atoms with van der Waals surface area (Å²) in [6.45, 7) is 12.2. The fourth-order valence-electron chi connectivity index (χ4n) is 3.27. The first-order chi connectivity index (χ1) is 11.2. The van der Waals surface area contributed by atoms with Crippen LogP contribution in [0.4, 0.5) is 4.79 Å². The van der Waals surface area contributed by atoms with Gasteiger partial charge in [-0.25, -0.2) is 4.79 Å². The Kier molecular flexibility index (Phi) is 6.35. The van der Waals surface area contributed by atoms with Gasteiger partial charge in [0.05, 0.1) is 0 Å². The van der Waals surface area contributed by atoms with Crippen LogP contribution in [0.2, 0.25) is 0 Å². The van der Waals surface area contributed by atoms with Crippen molar-refractivity contribution in [2.75, 3.05) is 32.7 Å². The molecule has 24 heavy (non-hydrogen) atoms. The largest absolute Gasteiger partial charge is 0.444 e. The third-order valence-corrected chi connectivity index (χ3v) is 4.79. The van der Waals surface area contributed by atoms with E-state index in [-0.39, 0.29) is 6.09 Å². The van der Waals surface area contributed by atoms with Crippen LogP contribution in [0.3, 0.4) is 0 Å². The lowest BCUT2D eigenvalue weighted by atomic mass is 9.98. The summed E-state index contributed by atoms with van der Waals surface area (Å²) < 4.78 is 5.47. The van der Waals surface area contributed by atoms with Crippen molar-refractivity contribution in [3.8, 4) is 0 Å². The van der Waals surface area contributed by atoms with Gasteiger partial charge in [-0.05, 0) is 58.3 Å². The lowest BCUT2D eigenvalue weighted by Gasteiger charge is -2.34. The number of ether oxygens (including phenoxy) is 1. The average molecular weight is 338 g/mol. The molecule has 2 aliphatic rings. The van der Waals surface area contributed by atoms with Gasteiger partial charge in [0.2, 0.25) is 0 Å². The van der Waals surface area contributed by atoms with E-state index < -0.39 is 5.60 Å². The van der Waals surface area contributed by atoms with Gasteiger partial charge in [0.1, 0.15) is 5.60 Å². The summed E-state index contributed by atoms with van der Waals surface area (Å²) in [6, 6.07) is 0. The lowest BCUT2D eigenvalue weighted by molar-refractivity contribution is 0.0170. The zero-order chi connectivity index (χ0) is 17.7. The predicted molar refractivity (Wildman–Crippen MR) is 97.0 cm³/mol. The van der Waals surface area contributed by atoms with E-state index in [9.17, 15) is 4.79 Å². The molecule has 2 rings (SSSR count). The minimum absolute atomic E-state index is 0.214. The molecule has 138 valence electrons. The standard InChI is InChI=1S/C18H34N4O2/c1-14-7-10-21(11-8-14)16(19)20-12-15-6-5-9-22(13-15)17(23)24-18(2,3)4/h14-15H,5-13H2,1-4H3,(H2,19,20). The first-order valence-corrected chi connectivity index (χ1v) is 9.27. The van der Waals surface area contributed by atoms with Crippen LogP contribution in [-0.2, 0) is 4.74 Å². The Balaban J connectivity index is 1.82. The van der Waals surface area contributed by atoms with Crippen LogP contribution in [0, 0.1) is 11.8 Å². The van der Waals surface area contributed by atoms with E-state index in [4.69, 9.17) is 10.5 Å². The Morgan fingerprint density at radius 3 is 2.46 bits per heavy atom. The highest BCUT2D eigenvalue weighted by Crippen LogP contribution is 2.20. The number of likely N-dealkylation sites (tertiary alicyclic amines) is 2. The van der Waals surface area contributed by atoms with Gasteiger partial charge in [-0.15, -0.1) is 0 Å². The fraction of sp³-hybridized carbons (Fsp3) is 0.889. The number of rotatable bonds is 2. The molecular formula is C18H34N4O2. The van der Waals surface area contributed by atoms with Gasteiger partial charge in [-0.3, -0.25) is 4.99 Å². The summed E-state index contributed by atoms with van der Waals surface area (Å²) in [4.78, 5) is 20.8. The third-order valence-electron chi connectivity index (χ3n) is 4.79. The van der Waals surface area contributed by atoms with Gasteiger partial charge in [0.15, 0.2) is 5.96 Å². The highest BCUT2D eigenvalue weighted by molar-refractivity contribution is 5.78. The molecule has 0 aromatic carbocycles. The van der Waals surface area contributed by atoms with Crippen molar-refractivity contribution in [3.63, 3.8) is 0 Å². The number of hydrogen-bond donors (Lipinski definition) is 1. The van der Waals surface area contributed by atoms with Gasteiger partial charge in [-0.2, -0.15) is 0 Å².